The van der Waals surface area contributed by atoms with Crippen molar-refractivity contribution in [3.63, 3.8) is 0 Å². The van der Waals surface area contributed by atoms with E-state index in [1.54, 1.807) is 23.1 Å². The molecule has 0 aliphatic heterocycles. The fraction of sp³-hybridized carbons (Fsp3) is 0.357. The quantitative estimate of drug-likeness (QED) is 0.836. The zero-order valence-electron chi connectivity index (χ0n) is 10.9. The van der Waals surface area contributed by atoms with Crippen LogP contribution in [0.4, 0.5) is 0 Å². The molecule has 1 heterocycles. The van der Waals surface area contributed by atoms with Crippen molar-refractivity contribution >= 4 is 23.1 Å². The van der Waals surface area contributed by atoms with Crippen LogP contribution in [-0.4, -0.2) is 17.3 Å². The van der Waals surface area contributed by atoms with Crippen LogP contribution in [0.5, 0.6) is 0 Å². The van der Waals surface area contributed by atoms with Crippen molar-refractivity contribution in [3.05, 3.63) is 35.3 Å². The predicted octanol–water partition coefficient (Wildman–Crippen LogP) is 4.03. The summed E-state index contributed by atoms with van der Waals surface area (Å²) < 4.78 is 0. The third kappa shape index (κ3) is 3.57. The van der Waals surface area contributed by atoms with E-state index in [0.29, 0.717) is 6.04 Å². The van der Waals surface area contributed by atoms with Gasteiger partial charge in [0.25, 0.3) is 0 Å². The van der Waals surface area contributed by atoms with Gasteiger partial charge < -0.3 is 5.32 Å². The van der Waals surface area contributed by atoms with Gasteiger partial charge in [-0.2, -0.15) is 0 Å². The minimum absolute atomic E-state index is 0.496. The molecule has 2 aromatic rings. The van der Waals surface area contributed by atoms with Crippen molar-refractivity contribution < 1.29 is 0 Å². The van der Waals surface area contributed by atoms with E-state index < -0.39 is 0 Å². The Labute approximate surface area is 117 Å². The topological polar surface area (TPSA) is 24.9 Å². The fourth-order valence-corrected chi connectivity index (χ4v) is 2.80. The van der Waals surface area contributed by atoms with Gasteiger partial charge in [-0.25, -0.2) is 4.98 Å². The Kier molecular flexibility index (Phi) is 4.80. The Morgan fingerprint density at radius 1 is 1.28 bits per heavy atom. The van der Waals surface area contributed by atoms with Crippen LogP contribution in [0.3, 0.4) is 0 Å². The third-order valence-corrected chi connectivity index (χ3v) is 4.26. The second-order valence-corrected chi connectivity index (χ2v) is 6.15. The van der Waals surface area contributed by atoms with Crippen LogP contribution in [0, 0.1) is 0 Å². The lowest BCUT2D eigenvalue weighted by atomic mass is 10.2. The number of nitrogens with zero attached hydrogens (tertiary/aromatic N) is 1. The Hall–Kier alpha value is -0.840. The normalized spacial score (nSPS) is 11.1. The number of thioether (sulfide) groups is 1. The number of hydrogen-bond acceptors (Lipinski definition) is 4. The standard InChI is InChI=1S/C14H18N2S2/c1-10(2)15-8-12-9-18-14(16-12)11-4-6-13(17-3)7-5-11/h4-7,9-10,15H,8H2,1-3H3. The number of benzene rings is 1. The molecular weight excluding hydrogens is 260 g/mol. The summed E-state index contributed by atoms with van der Waals surface area (Å²) in [6, 6.07) is 9.08. The molecule has 2 nitrogen and oxygen atoms in total. The Morgan fingerprint density at radius 3 is 2.61 bits per heavy atom. The van der Waals surface area contributed by atoms with E-state index in [9.17, 15) is 0 Å². The summed E-state index contributed by atoms with van der Waals surface area (Å²) >= 11 is 3.47. The third-order valence-electron chi connectivity index (χ3n) is 2.58. The second-order valence-electron chi connectivity index (χ2n) is 4.41. The molecule has 0 aliphatic rings. The predicted molar refractivity (Wildman–Crippen MR) is 81.3 cm³/mol. The van der Waals surface area contributed by atoms with Gasteiger partial charge in [-0.3, -0.25) is 0 Å². The maximum Gasteiger partial charge on any atom is 0.123 e. The van der Waals surface area contributed by atoms with Gasteiger partial charge >= 0.3 is 0 Å². The summed E-state index contributed by atoms with van der Waals surface area (Å²) in [5.41, 5.74) is 2.33. The van der Waals surface area contributed by atoms with Gasteiger partial charge in [-0.15, -0.1) is 23.1 Å². The summed E-state index contributed by atoms with van der Waals surface area (Å²) in [5.74, 6) is 0. The van der Waals surface area contributed by atoms with E-state index in [0.717, 1.165) is 17.2 Å². The van der Waals surface area contributed by atoms with Crippen LogP contribution in [0.2, 0.25) is 0 Å². The molecule has 0 saturated carbocycles. The molecule has 1 aromatic carbocycles. The molecule has 2 rings (SSSR count). The molecule has 18 heavy (non-hydrogen) atoms. The molecule has 0 fully saturated rings. The Bertz CT molecular complexity index is 489. The average molecular weight is 278 g/mol. The molecule has 0 saturated heterocycles. The van der Waals surface area contributed by atoms with Gasteiger partial charge in [0.1, 0.15) is 5.01 Å². The highest BCUT2D eigenvalue weighted by Gasteiger charge is 2.05. The number of thiazole rings is 1. The molecule has 0 spiro atoms. The van der Waals surface area contributed by atoms with Gasteiger partial charge in [0.05, 0.1) is 5.69 Å². The summed E-state index contributed by atoms with van der Waals surface area (Å²) in [4.78, 5) is 5.95. The zero-order valence-corrected chi connectivity index (χ0v) is 12.6. The van der Waals surface area contributed by atoms with Crippen molar-refractivity contribution in [1.82, 2.24) is 10.3 Å². The van der Waals surface area contributed by atoms with E-state index in [4.69, 9.17) is 0 Å². The van der Waals surface area contributed by atoms with Crippen LogP contribution in [0.25, 0.3) is 10.6 Å². The number of aromatic nitrogens is 1. The first-order valence-corrected chi connectivity index (χ1v) is 8.11. The first-order chi connectivity index (χ1) is 8.69. The van der Waals surface area contributed by atoms with Crippen LogP contribution >= 0.6 is 23.1 Å². The van der Waals surface area contributed by atoms with E-state index in [-0.39, 0.29) is 0 Å². The first kappa shape index (κ1) is 13.6. The van der Waals surface area contributed by atoms with Gasteiger partial charge in [0, 0.05) is 28.4 Å². The molecule has 4 heteroatoms. The van der Waals surface area contributed by atoms with Crippen molar-refractivity contribution in [3.8, 4) is 10.6 Å². The van der Waals surface area contributed by atoms with Crippen molar-refractivity contribution in [2.45, 2.75) is 31.3 Å². The molecule has 0 amide bonds. The minimum atomic E-state index is 0.496. The lowest BCUT2D eigenvalue weighted by Gasteiger charge is -2.04. The van der Waals surface area contributed by atoms with Crippen molar-refractivity contribution in [1.29, 1.82) is 0 Å². The Balaban J connectivity index is 2.08. The molecule has 0 bridgehead atoms. The van der Waals surface area contributed by atoms with Crippen molar-refractivity contribution in [2.24, 2.45) is 0 Å². The van der Waals surface area contributed by atoms with Crippen molar-refractivity contribution in [2.75, 3.05) is 6.26 Å². The SMILES string of the molecule is CSc1ccc(-c2nc(CNC(C)C)cs2)cc1. The smallest absolute Gasteiger partial charge is 0.123 e. The average Bonchev–Trinajstić information content (AvgIpc) is 2.85. The summed E-state index contributed by atoms with van der Waals surface area (Å²) in [6.07, 6.45) is 2.09. The summed E-state index contributed by atoms with van der Waals surface area (Å²) in [7, 11) is 0. The molecule has 0 unspecified atom stereocenters. The number of nitrogens with one attached hydrogen (secondary N) is 1. The van der Waals surface area contributed by atoms with Gasteiger partial charge in [0.15, 0.2) is 0 Å². The van der Waals surface area contributed by atoms with Gasteiger partial charge in [-0.1, -0.05) is 26.0 Å². The highest BCUT2D eigenvalue weighted by atomic mass is 32.2. The van der Waals surface area contributed by atoms with E-state index in [1.165, 1.54) is 10.5 Å². The maximum atomic E-state index is 4.66. The first-order valence-electron chi connectivity index (χ1n) is 6.01. The minimum Gasteiger partial charge on any atom is -0.309 e. The van der Waals surface area contributed by atoms with E-state index in [2.05, 4.69) is 60.0 Å². The van der Waals surface area contributed by atoms with E-state index in [1.807, 2.05) is 0 Å². The number of rotatable bonds is 5. The summed E-state index contributed by atoms with van der Waals surface area (Å²) in [6.45, 7) is 5.14. The van der Waals surface area contributed by atoms with E-state index >= 15 is 0 Å². The maximum absolute atomic E-state index is 4.66. The largest absolute Gasteiger partial charge is 0.309 e. The molecule has 96 valence electrons. The fourth-order valence-electron chi connectivity index (χ4n) is 1.56. The van der Waals surface area contributed by atoms with Gasteiger partial charge in [-0.05, 0) is 18.4 Å². The zero-order chi connectivity index (χ0) is 13.0. The second kappa shape index (κ2) is 6.36. The van der Waals surface area contributed by atoms with Crippen LogP contribution in [-0.2, 0) is 6.54 Å². The van der Waals surface area contributed by atoms with Crippen LogP contribution < -0.4 is 5.32 Å². The van der Waals surface area contributed by atoms with Gasteiger partial charge in [0.2, 0.25) is 0 Å². The summed E-state index contributed by atoms with van der Waals surface area (Å²) in [5, 5.41) is 6.62. The molecule has 0 radical (unpaired) electrons. The number of hydrogen-bond donors (Lipinski definition) is 1. The molecule has 0 atom stereocenters. The lowest BCUT2D eigenvalue weighted by molar-refractivity contribution is 0.583. The van der Waals surface area contributed by atoms with Crippen LogP contribution in [0.15, 0.2) is 34.5 Å². The highest BCUT2D eigenvalue weighted by molar-refractivity contribution is 7.98. The molecule has 1 N–H and O–H groups in total. The highest BCUT2D eigenvalue weighted by Crippen LogP contribution is 2.25. The molecule has 0 aliphatic carbocycles. The molecule has 1 aromatic heterocycles. The lowest BCUT2D eigenvalue weighted by Crippen LogP contribution is -2.21. The Morgan fingerprint density at radius 2 is 2.00 bits per heavy atom. The monoisotopic (exact) mass is 278 g/mol. The van der Waals surface area contributed by atoms with Crippen LogP contribution in [0.1, 0.15) is 19.5 Å². The molecular formula is C14H18N2S2.